The predicted octanol–water partition coefficient (Wildman–Crippen LogP) is 2.88. The first-order valence-corrected chi connectivity index (χ1v) is 8.10. The molecule has 3 aromatic rings. The van der Waals surface area contributed by atoms with Crippen molar-refractivity contribution in [2.75, 3.05) is 12.0 Å². The number of imide groups is 1. The topological polar surface area (TPSA) is 72.4 Å². The second-order valence-electron chi connectivity index (χ2n) is 5.87. The first kappa shape index (κ1) is 16.0. The lowest BCUT2D eigenvalue weighted by Gasteiger charge is -2.27. The molecule has 0 aliphatic carbocycles. The molecule has 0 saturated heterocycles. The third kappa shape index (κ3) is 2.61. The normalized spacial score (nSPS) is 13.5. The molecule has 0 atom stereocenters. The fraction of sp³-hybridized carbons (Fsp3) is 0.100. The minimum atomic E-state index is -0.393. The van der Waals surface area contributed by atoms with Gasteiger partial charge in [0, 0.05) is 5.56 Å². The van der Waals surface area contributed by atoms with Crippen LogP contribution in [0.5, 0.6) is 5.75 Å². The van der Waals surface area contributed by atoms with E-state index in [4.69, 9.17) is 4.74 Å². The molecule has 0 N–H and O–H groups in total. The smallest absolute Gasteiger partial charge is 0.267 e. The summed E-state index contributed by atoms with van der Waals surface area (Å²) in [7, 11) is 1.56. The van der Waals surface area contributed by atoms with Gasteiger partial charge in [0.1, 0.15) is 11.4 Å². The molecule has 0 unspecified atom stereocenters. The second-order valence-corrected chi connectivity index (χ2v) is 5.87. The molecule has 2 aromatic carbocycles. The number of amides is 2. The highest BCUT2D eigenvalue weighted by Gasteiger charge is 2.35. The van der Waals surface area contributed by atoms with E-state index in [0.29, 0.717) is 28.3 Å². The molecule has 4 rings (SSSR count). The number of rotatable bonds is 3. The van der Waals surface area contributed by atoms with Gasteiger partial charge in [0.05, 0.1) is 31.0 Å². The monoisotopic (exact) mass is 345 g/mol. The van der Waals surface area contributed by atoms with E-state index in [0.717, 1.165) is 5.56 Å². The van der Waals surface area contributed by atoms with Gasteiger partial charge in [0.15, 0.2) is 0 Å². The zero-order valence-electron chi connectivity index (χ0n) is 14.0. The van der Waals surface area contributed by atoms with Crippen LogP contribution < -0.4 is 9.64 Å². The molecule has 0 saturated carbocycles. The Kier molecular flexibility index (Phi) is 3.93. The van der Waals surface area contributed by atoms with E-state index in [9.17, 15) is 9.59 Å². The highest BCUT2D eigenvalue weighted by atomic mass is 16.5. The van der Waals surface area contributed by atoms with Crippen LogP contribution in [0.4, 0.5) is 5.69 Å². The molecular weight excluding hydrogens is 330 g/mol. The summed E-state index contributed by atoms with van der Waals surface area (Å²) < 4.78 is 5.14. The summed E-state index contributed by atoms with van der Waals surface area (Å²) in [6.45, 7) is 0. The molecule has 0 radical (unpaired) electrons. The van der Waals surface area contributed by atoms with Gasteiger partial charge in [-0.2, -0.15) is 5.10 Å². The molecule has 6 heteroatoms. The number of hydrogen-bond acceptors (Lipinski definition) is 5. The van der Waals surface area contributed by atoms with Gasteiger partial charge in [-0.25, -0.2) is 4.90 Å². The Balaban J connectivity index is 1.82. The number of aromatic nitrogens is 2. The minimum Gasteiger partial charge on any atom is -0.497 e. The molecule has 2 heterocycles. The number of hydrogen-bond donors (Lipinski definition) is 0. The summed E-state index contributed by atoms with van der Waals surface area (Å²) in [5.41, 5.74) is 2.79. The number of anilines is 1. The van der Waals surface area contributed by atoms with Crippen LogP contribution in [0.2, 0.25) is 0 Å². The summed E-state index contributed by atoms with van der Waals surface area (Å²) in [6.07, 6.45) is 1.59. The molecule has 0 fully saturated rings. The van der Waals surface area contributed by atoms with Crippen LogP contribution in [0.3, 0.4) is 0 Å². The van der Waals surface area contributed by atoms with Gasteiger partial charge in [-0.05, 0) is 29.8 Å². The maximum Gasteiger partial charge on any atom is 0.267 e. The van der Waals surface area contributed by atoms with Crippen molar-refractivity contribution in [3.8, 4) is 17.0 Å². The van der Waals surface area contributed by atoms with Crippen molar-refractivity contribution in [2.24, 2.45) is 0 Å². The maximum absolute atomic E-state index is 13.2. The SMILES string of the molecule is COc1ccc(N2C(=O)Cc3cnnc(-c4ccccc4)c3C2=O)cc1. The van der Waals surface area contributed by atoms with Crippen LogP contribution in [0, 0.1) is 0 Å². The quantitative estimate of drug-likeness (QED) is 0.683. The molecule has 26 heavy (non-hydrogen) atoms. The van der Waals surface area contributed by atoms with Crippen molar-refractivity contribution in [2.45, 2.75) is 6.42 Å². The Hall–Kier alpha value is -3.54. The van der Waals surface area contributed by atoms with Crippen molar-refractivity contribution in [3.05, 3.63) is 71.9 Å². The van der Waals surface area contributed by atoms with Gasteiger partial charge in [-0.15, -0.1) is 5.10 Å². The van der Waals surface area contributed by atoms with Crippen LogP contribution in [0.15, 0.2) is 60.8 Å². The summed E-state index contributed by atoms with van der Waals surface area (Å²) in [5, 5.41) is 8.14. The number of fused-ring (bicyclic) bond motifs is 1. The molecule has 1 aliphatic rings. The average molecular weight is 345 g/mol. The highest BCUT2D eigenvalue weighted by molar-refractivity contribution is 6.26. The molecule has 6 nitrogen and oxygen atoms in total. The Morgan fingerprint density at radius 2 is 1.73 bits per heavy atom. The minimum absolute atomic E-state index is 0.0997. The van der Waals surface area contributed by atoms with Gasteiger partial charge in [0.2, 0.25) is 5.91 Å². The van der Waals surface area contributed by atoms with E-state index in [1.807, 2.05) is 30.3 Å². The lowest BCUT2D eigenvalue weighted by molar-refractivity contribution is -0.117. The van der Waals surface area contributed by atoms with Gasteiger partial charge < -0.3 is 4.74 Å². The van der Waals surface area contributed by atoms with Crippen molar-refractivity contribution in [1.29, 1.82) is 0 Å². The van der Waals surface area contributed by atoms with E-state index >= 15 is 0 Å². The summed E-state index contributed by atoms with van der Waals surface area (Å²) in [5.74, 6) is -0.0308. The standard InChI is InChI=1S/C20H15N3O3/c1-26-16-9-7-15(8-10-16)23-17(24)11-14-12-21-22-19(18(14)20(23)25)13-5-3-2-4-6-13/h2-10,12H,11H2,1H3. The number of ether oxygens (including phenoxy) is 1. The lowest BCUT2D eigenvalue weighted by atomic mass is 9.95. The van der Waals surface area contributed by atoms with Crippen LogP contribution in [-0.2, 0) is 11.2 Å². The Bertz CT molecular complexity index is 985. The van der Waals surface area contributed by atoms with E-state index in [2.05, 4.69) is 10.2 Å². The lowest BCUT2D eigenvalue weighted by Crippen LogP contribution is -2.43. The van der Waals surface area contributed by atoms with E-state index < -0.39 is 5.91 Å². The average Bonchev–Trinajstić information content (AvgIpc) is 2.68. The largest absolute Gasteiger partial charge is 0.497 e. The molecule has 2 amide bonds. The van der Waals surface area contributed by atoms with Crippen LogP contribution in [0.1, 0.15) is 15.9 Å². The highest BCUT2D eigenvalue weighted by Crippen LogP contribution is 2.31. The first-order valence-electron chi connectivity index (χ1n) is 8.10. The van der Waals surface area contributed by atoms with Crippen molar-refractivity contribution in [1.82, 2.24) is 10.2 Å². The Morgan fingerprint density at radius 3 is 2.42 bits per heavy atom. The van der Waals surface area contributed by atoms with E-state index in [1.54, 1.807) is 31.4 Å². The van der Waals surface area contributed by atoms with Crippen LogP contribution >= 0.6 is 0 Å². The summed E-state index contributed by atoms with van der Waals surface area (Å²) >= 11 is 0. The number of carbonyl (C=O) groups excluding carboxylic acids is 2. The van der Waals surface area contributed by atoms with E-state index in [-0.39, 0.29) is 12.3 Å². The predicted molar refractivity (Wildman–Crippen MR) is 96.0 cm³/mol. The number of nitrogens with zero attached hydrogens (tertiary/aromatic N) is 3. The van der Waals surface area contributed by atoms with Crippen LogP contribution in [-0.4, -0.2) is 29.1 Å². The molecule has 0 bridgehead atoms. The molecule has 128 valence electrons. The van der Waals surface area contributed by atoms with E-state index in [1.165, 1.54) is 11.1 Å². The fourth-order valence-corrected chi connectivity index (χ4v) is 3.05. The summed E-state index contributed by atoms with van der Waals surface area (Å²) in [6, 6.07) is 16.2. The number of carbonyl (C=O) groups is 2. The molecule has 1 aromatic heterocycles. The Morgan fingerprint density at radius 1 is 1.00 bits per heavy atom. The van der Waals surface area contributed by atoms with Crippen molar-refractivity contribution >= 4 is 17.5 Å². The zero-order valence-corrected chi connectivity index (χ0v) is 14.0. The molecule has 0 spiro atoms. The fourth-order valence-electron chi connectivity index (χ4n) is 3.05. The number of methoxy groups -OCH3 is 1. The first-order chi connectivity index (χ1) is 12.7. The van der Waals surface area contributed by atoms with Gasteiger partial charge in [-0.3, -0.25) is 9.59 Å². The zero-order chi connectivity index (χ0) is 18.1. The van der Waals surface area contributed by atoms with Gasteiger partial charge >= 0.3 is 0 Å². The van der Waals surface area contributed by atoms with Gasteiger partial charge in [0.25, 0.3) is 5.91 Å². The van der Waals surface area contributed by atoms with Crippen molar-refractivity contribution in [3.63, 3.8) is 0 Å². The summed E-state index contributed by atoms with van der Waals surface area (Å²) in [4.78, 5) is 27.0. The third-order valence-electron chi connectivity index (χ3n) is 4.32. The number of benzene rings is 2. The maximum atomic E-state index is 13.2. The molecular formula is C20H15N3O3. The Labute approximate surface area is 150 Å². The van der Waals surface area contributed by atoms with Crippen LogP contribution in [0.25, 0.3) is 11.3 Å². The second kappa shape index (κ2) is 6.40. The molecule has 1 aliphatic heterocycles. The third-order valence-corrected chi connectivity index (χ3v) is 4.32. The van der Waals surface area contributed by atoms with Crippen molar-refractivity contribution < 1.29 is 14.3 Å². The van der Waals surface area contributed by atoms with Gasteiger partial charge in [-0.1, -0.05) is 30.3 Å².